The van der Waals surface area contributed by atoms with Gasteiger partial charge in [-0.15, -0.1) is 0 Å². The average Bonchev–Trinajstić information content (AvgIpc) is 2.67. The second-order valence-corrected chi connectivity index (χ2v) is 7.85. The van der Waals surface area contributed by atoms with E-state index in [1.165, 1.54) is 32.1 Å². The van der Waals surface area contributed by atoms with E-state index in [1.807, 2.05) is 0 Å². The van der Waals surface area contributed by atoms with Crippen LogP contribution in [0.2, 0.25) is 0 Å². The summed E-state index contributed by atoms with van der Waals surface area (Å²) in [6, 6.07) is 0. The molecule has 0 spiro atoms. The Morgan fingerprint density at radius 3 is 2.33 bits per heavy atom. The predicted molar refractivity (Wildman–Crippen MR) is 131 cm³/mol. The predicted octanol–water partition coefficient (Wildman–Crippen LogP) is 7.87. The summed E-state index contributed by atoms with van der Waals surface area (Å²) in [5, 5.41) is 0. The zero-order valence-corrected chi connectivity index (χ0v) is 20.4. The lowest BCUT2D eigenvalue weighted by atomic mass is 10.1. The molecule has 0 aliphatic rings. The Kier molecular flexibility index (Phi) is 22.1. The standard InChI is InChI=1S/C22H39O2P3/c1-3-4-5-6-7-8-9-10-11-12-16-19-22(23-25)20-17-14-13-15-18-21(2)24-27-26/h8-12,14-18,21-22,27H,3-7,13,19-20,25-26H2,1-2H3/b9-8-,11-10+,16-12+,17-14-,18-15-. The Morgan fingerprint density at radius 2 is 1.63 bits per heavy atom. The smallest absolute Gasteiger partial charge is 0.0771 e. The van der Waals surface area contributed by atoms with Gasteiger partial charge in [0.15, 0.2) is 0 Å². The monoisotopic (exact) mass is 428 g/mol. The number of rotatable bonds is 17. The summed E-state index contributed by atoms with van der Waals surface area (Å²) in [6.07, 6.45) is 31.1. The van der Waals surface area contributed by atoms with Gasteiger partial charge in [-0.25, -0.2) is 0 Å². The van der Waals surface area contributed by atoms with Crippen molar-refractivity contribution in [2.24, 2.45) is 0 Å². The van der Waals surface area contributed by atoms with Gasteiger partial charge in [0.1, 0.15) is 0 Å². The molecule has 0 aromatic carbocycles. The van der Waals surface area contributed by atoms with Crippen LogP contribution in [0, 0.1) is 0 Å². The molecule has 5 atom stereocenters. The van der Waals surface area contributed by atoms with Crippen LogP contribution in [0.1, 0.15) is 65.2 Å². The van der Waals surface area contributed by atoms with Crippen molar-refractivity contribution in [1.29, 1.82) is 0 Å². The van der Waals surface area contributed by atoms with Crippen molar-refractivity contribution < 1.29 is 9.05 Å². The summed E-state index contributed by atoms with van der Waals surface area (Å²) >= 11 is 0. The Balaban J connectivity index is 3.86. The third-order valence-electron chi connectivity index (χ3n) is 3.92. The molecule has 0 aromatic heterocycles. The van der Waals surface area contributed by atoms with Gasteiger partial charge in [-0.3, -0.25) is 0 Å². The molecule has 154 valence electrons. The van der Waals surface area contributed by atoms with Crippen LogP contribution in [0.15, 0.2) is 60.8 Å². The van der Waals surface area contributed by atoms with Crippen molar-refractivity contribution in [3.63, 3.8) is 0 Å². The van der Waals surface area contributed by atoms with E-state index in [4.69, 9.17) is 9.05 Å². The van der Waals surface area contributed by atoms with E-state index in [-0.39, 0.29) is 12.2 Å². The summed E-state index contributed by atoms with van der Waals surface area (Å²) in [5.41, 5.74) is 0. The number of allylic oxidation sites excluding steroid dienone is 7. The van der Waals surface area contributed by atoms with Crippen molar-refractivity contribution in [3.8, 4) is 0 Å². The molecule has 0 aliphatic heterocycles. The van der Waals surface area contributed by atoms with Gasteiger partial charge in [-0.2, -0.15) is 0 Å². The first kappa shape index (κ1) is 26.9. The quantitative estimate of drug-likeness (QED) is 0.102. The van der Waals surface area contributed by atoms with E-state index < -0.39 is 0 Å². The third kappa shape index (κ3) is 20.5. The average molecular weight is 428 g/mol. The molecule has 5 heteroatoms. The minimum absolute atomic E-state index is 0.187. The molecule has 0 saturated carbocycles. The van der Waals surface area contributed by atoms with Crippen molar-refractivity contribution in [2.75, 3.05) is 0 Å². The molecular formula is C22H39O2P3. The van der Waals surface area contributed by atoms with Crippen LogP contribution in [0.25, 0.3) is 0 Å². The topological polar surface area (TPSA) is 18.5 Å². The molecule has 0 radical (unpaired) electrons. The minimum atomic E-state index is 0.187. The maximum atomic E-state index is 5.46. The van der Waals surface area contributed by atoms with Crippen LogP contribution in [0.3, 0.4) is 0 Å². The first-order valence-electron chi connectivity index (χ1n) is 10.0. The second-order valence-electron chi connectivity index (χ2n) is 6.40. The van der Waals surface area contributed by atoms with Gasteiger partial charge >= 0.3 is 0 Å². The highest BCUT2D eigenvalue weighted by atomic mass is 32.0. The van der Waals surface area contributed by atoms with Crippen LogP contribution in [0.5, 0.6) is 0 Å². The minimum Gasteiger partial charge on any atom is -0.362 e. The molecule has 0 bridgehead atoms. The Labute approximate surface area is 174 Å². The van der Waals surface area contributed by atoms with Gasteiger partial charge in [-0.1, -0.05) is 95.9 Å². The highest BCUT2D eigenvalue weighted by Gasteiger charge is 2.01. The lowest BCUT2D eigenvalue weighted by Gasteiger charge is -2.09. The summed E-state index contributed by atoms with van der Waals surface area (Å²) in [5.74, 6) is 0. The number of hydrogen-bond donors (Lipinski definition) is 0. The molecule has 0 amide bonds. The van der Waals surface area contributed by atoms with Crippen molar-refractivity contribution >= 4 is 26.9 Å². The molecule has 0 N–H and O–H groups in total. The van der Waals surface area contributed by atoms with Gasteiger partial charge in [0.05, 0.1) is 12.2 Å². The Hall–Kier alpha value is -0.0900. The van der Waals surface area contributed by atoms with Gasteiger partial charge in [-0.05, 0) is 39.0 Å². The van der Waals surface area contributed by atoms with E-state index in [1.54, 1.807) is 0 Å². The zero-order valence-electron chi connectivity index (χ0n) is 17.1. The largest absolute Gasteiger partial charge is 0.362 e. The van der Waals surface area contributed by atoms with Crippen LogP contribution < -0.4 is 0 Å². The Morgan fingerprint density at radius 1 is 0.889 bits per heavy atom. The van der Waals surface area contributed by atoms with E-state index in [0.29, 0.717) is 8.50 Å². The summed E-state index contributed by atoms with van der Waals surface area (Å²) in [4.78, 5) is 0. The highest BCUT2D eigenvalue weighted by molar-refractivity contribution is 8.00. The lowest BCUT2D eigenvalue weighted by molar-refractivity contribution is 0.247. The first-order valence-corrected chi connectivity index (χ1v) is 13.2. The molecule has 0 fully saturated rings. The zero-order chi connectivity index (χ0) is 20.0. The van der Waals surface area contributed by atoms with Crippen molar-refractivity contribution in [1.82, 2.24) is 0 Å². The first-order chi connectivity index (χ1) is 13.2. The second kappa shape index (κ2) is 22.2. The van der Waals surface area contributed by atoms with Crippen LogP contribution in [0.4, 0.5) is 0 Å². The highest BCUT2D eigenvalue weighted by Crippen LogP contribution is 2.23. The molecule has 5 unspecified atom stereocenters. The van der Waals surface area contributed by atoms with Crippen LogP contribution in [-0.4, -0.2) is 12.2 Å². The normalized spacial score (nSPS) is 15.7. The fourth-order valence-corrected chi connectivity index (χ4v) is 3.51. The fourth-order valence-electron chi connectivity index (χ4n) is 2.35. The van der Waals surface area contributed by atoms with E-state index in [2.05, 4.69) is 93.0 Å². The summed E-state index contributed by atoms with van der Waals surface area (Å²) in [6.45, 7) is 4.30. The molecule has 2 nitrogen and oxygen atoms in total. The van der Waals surface area contributed by atoms with Gasteiger partial charge < -0.3 is 9.05 Å². The van der Waals surface area contributed by atoms with E-state index in [9.17, 15) is 0 Å². The van der Waals surface area contributed by atoms with E-state index in [0.717, 1.165) is 19.3 Å². The maximum absolute atomic E-state index is 5.46. The van der Waals surface area contributed by atoms with Gasteiger partial charge in [0.2, 0.25) is 0 Å². The lowest BCUT2D eigenvalue weighted by Crippen LogP contribution is -2.03. The van der Waals surface area contributed by atoms with Gasteiger partial charge in [0, 0.05) is 18.0 Å². The fraction of sp³-hybridized carbons (Fsp3) is 0.545. The van der Waals surface area contributed by atoms with Crippen LogP contribution in [-0.2, 0) is 9.05 Å². The molecule has 27 heavy (non-hydrogen) atoms. The van der Waals surface area contributed by atoms with Gasteiger partial charge in [0.25, 0.3) is 0 Å². The summed E-state index contributed by atoms with van der Waals surface area (Å²) < 4.78 is 10.9. The van der Waals surface area contributed by atoms with Crippen molar-refractivity contribution in [3.05, 3.63) is 60.8 Å². The van der Waals surface area contributed by atoms with E-state index >= 15 is 0 Å². The maximum Gasteiger partial charge on any atom is 0.0771 e. The SMILES string of the molecule is CCCCCC\C=C/C=C/C=C/CC(C/C=C\C/C=C\C(C)OPP)OP. The molecule has 0 aliphatic carbocycles. The summed E-state index contributed by atoms with van der Waals surface area (Å²) in [7, 11) is 5.44. The molecule has 0 aromatic rings. The molecule has 0 heterocycles. The molecule has 0 rings (SSSR count). The van der Waals surface area contributed by atoms with Crippen molar-refractivity contribution in [2.45, 2.75) is 77.4 Å². The third-order valence-corrected chi connectivity index (χ3v) is 5.22. The van der Waals surface area contributed by atoms with Crippen LogP contribution >= 0.6 is 26.9 Å². The molecular weight excluding hydrogens is 389 g/mol. The number of hydrogen-bond acceptors (Lipinski definition) is 2. The number of unbranched alkanes of at least 4 members (excludes halogenated alkanes) is 4. The Bertz CT molecular complexity index is 456. The molecule has 0 saturated heterocycles.